The topological polar surface area (TPSA) is 77.2 Å². The summed E-state index contributed by atoms with van der Waals surface area (Å²) in [6.07, 6.45) is 1.28. The molecule has 1 aliphatic rings. The van der Waals surface area contributed by atoms with Crippen LogP contribution in [0.1, 0.15) is 24.7 Å². The van der Waals surface area contributed by atoms with Gasteiger partial charge in [0, 0.05) is 13.0 Å². The Morgan fingerprint density at radius 2 is 2.50 bits per heavy atom. The lowest BCUT2D eigenvalue weighted by Gasteiger charge is -2.21. The second kappa shape index (κ2) is 4.61. The summed E-state index contributed by atoms with van der Waals surface area (Å²) in [5, 5.41) is 16.9. The van der Waals surface area contributed by atoms with Crippen molar-refractivity contribution in [1.82, 2.24) is 15.0 Å². The maximum atomic E-state index is 11.6. The molecule has 1 N–H and O–H groups in total. The van der Waals surface area contributed by atoms with Crippen LogP contribution < -0.4 is 0 Å². The van der Waals surface area contributed by atoms with Gasteiger partial charge in [-0.3, -0.25) is 4.79 Å². The fourth-order valence-electron chi connectivity index (χ4n) is 1.97. The predicted molar refractivity (Wildman–Crippen MR) is 54.4 cm³/mol. The number of ether oxygens (including phenoxy) is 1. The smallest absolute Gasteiger partial charge is 0.309 e. The molecule has 1 unspecified atom stereocenters. The van der Waals surface area contributed by atoms with Crippen molar-refractivity contribution >= 4 is 5.97 Å². The van der Waals surface area contributed by atoms with E-state index in [-0.39, 0.29) is 18.5 Å². The Labute approximate surface area is 93.2 Å². The first-order valence-electron chi connectivity index (χ1n) is 5.45. The lowest BCUT2D eigenvalue weighted by Crippen LogP contribution is -2.28. The zero-order chi connectivity index (χ0) is 11.5. The van der Waals surface area contributed by atoms with Crippen molar-refractivity contribution in [3.05, 3.63) is 11.4 Å². The third-order valence-electron chi connectivity index (χ3n) is 2.82. The van der Waals surface area contributed by atoms with E-state index in [0.717, 1.165) is 12.1 Å². The Balaban J connectivity index is 2.12. The molecule has 2 rings (SSSR count). The van der Waals surface area contributed by atoms with Crippen LogP contribution in [0.2, 0.25) is 0 Å². The van der Waals surface area contributed by atoms with Crippen molar-refractivity contribution in [3.63, 3.8) is 0 Å². The number of aryl methyl sites for hydroxylation is 1. The molecule has 0 amide bonds. The molecule has 0 fully saturated rings. The molecule has 1 atom stereocenters. The summed E-state index contributed by atoms with van der Waals surface area (Å²) in [6, 6.07) is 0. The van der Waals surface area contributed by atoms with E-state index < -0.39 is 0 Å². The van der Waals surface area contributed by atoms with Crippen LogP contribution in [0.25, 0.3) is 0 Å². The van der Waals surface area contributed by atoms with Crippen LogP contribution in [0.3, 0.4) is 0 Å². The van der Waals surface area contributed by atoms with Crippen molar-refractivity contribution in [3.8, 4) is 0 Å². The molecule has 2 heterocycles. The summed E-state index contributed by atoms with van der Waals surface area (Å²) in [4.78, 5) is 11.6. The minimum Gasteiger partial charge on any atom is -0.466 e. The second-order valence-corrected chi connectivity index (χ2v) is 3.81. The molecule has 16 heavy (non-hydrogen) atoms. The molecule has 0 saturated carbocycles. The SMILES string of the molecule is CCOC(=O)C1CCn2nnc(CO)c2C1. The van der Waals surface area contributed by atoms with E-state index in [1.54, 1.807) is 11.6 Å². The summed E-state index contributed by atoms with van der Waals surface area (Å²) in [6.45, 7) is 2.72. The van der Waals surface area contributed by atoms with Crippen LogP contribution in [-0.4, -0.2) is 32.7 Å². The van der Waals surface area contributed by atoms with Crippen molar-refractivity contribution in [2.24, 2.45) is 5.92 Å². The average molecular weight is 225 g/mol. The Morgan fingerprint density at radius 1 is 1.69 bits per heavy atom. The van der Waals surface area contributed by atoms with Crippen molar-refractivity contribution < 1.29 is 14.6 Å². The van der Waals surface area contributed by atoms with E-state index >= 15 is 0 Å². The number of esters is 1. The van der Waals surface area contributed by atoms with E-state index in [4.69, 9.17) is 9.84 Å². The maximum Gasteiger partial charge on any atom is 0.309 e. The molecular formula is C10H15N3O3. The lowest BCUT2D eigenvalue weighted by molar-refractivity contribution is -0.148. The van der Waals surface area contributed by atoms with E-state index in [9.17, 15) is 4.79 Å². The third kappa shape index (κ3) is 1.92. The number of rotatable bonds is 3. The molecule has 1 aromatic rings. The molecule has 1 aliphatic heterocycles. The number of hydrogen-bond donors (Lipinski definition) is 1. The number of carbonyl (C=O) groups excluding carboxylic acids is 1. The quantitative estimate of drug-likeness (QED) is 0.727. The molecular weight excluding hydrogens is 210 g/mol. The summed E-state index contributed by atoms with van der Waals surface area (Å²) in [7, 11) is 0. The normalized spacial score (nSPS) is 19.2. The maximum absolute atomic E-state index is 11.6. The van der Waals surface area contributed by atoms with Gasteiger partial charge in [0.2, 0.25) is 0 Å². The average Bonchev–Trinajstić information content (AvgIpc) is 2.71. The highest BCUT2D eigenvalue weighted by atomic mass is 16.5. The molecule has 0 saturated heterocycles. The van der Waals surface area contributed by atoms with Gasteiger partial charge < -0.3 is 9.84 Å². The molecule has 0 aromatic carbocycles. The van der Waals surface area contributed by atoms with E-state index in [2.05, 4.69) is 10.3 Å². The highest BCUT2D eigenvalue weighted by Crippen LogP contribution is 2.22. The molecule has 1 aromatic heterocycles. The van der Waals surface area contributed by atoms with Crippen LogP contribution in [0.5, 0.6) is 0 Å². The van der Waals surface area contributed by atoms with Crippen LogP contribution >= 0.6 is 0 Å². The molecule has 0 aliphatic carbocycles. The van der Waals surface area contributed by atoms with Gasteiger partial charge in [-0.05, 0) is 13.3 Å². The van der Waals surface area contributed by atoms with Gasteiger partial charge in [-0.2, -0.15) is 0 Å². The van der Waals surface area contributed by atoms with Crippen LogP contribution in [0, 0.1) is 5.92 Å². The van der Waals surface area contributed by atoms with Gasteiger partial charge >= 0.3 is 5.97 Å². The number of fused-ring (bicyclic) bond motifs is 1. The first-order valence-corrected chi connectivity index (χ1v) is 5.45. The predicted octanol–water partition coefficient (Wildman–Crippen LogP) is -0.104. The fraction of sp³-hybridized carbons (Fsp3) is 0.700. The largest absolute Gasteiger partial charge is 0.466 e. The number of aliphatic hydroxyl groups is 1. The van der Waals surface area contributed by atoms with Gasteiger partial charge in [-0.25, -0.2) is 4.68 Å². The number of carbonyl (C=O) groups is 1. The Kier molecular flexibility index (Phi) is 3.19. The van der Waals surface area contributed by atoms with Gasteiger partial charge in [-0.1, -0.05) is 5.21 Å². The van der Waals surface area contributed by atoms with Gasteiger partial charge in [0.15, 0.2) is 0 Å². The summed E-state index contributed by atoms with van der Waals surface area (Å²) < 4.78 is 6.75. The Hall–Kier alpha value is -1.43. The van der Waals surface area contributed by atoms with Gasteiger partial charge in [0.25, 0.3) is 0 Å². The Morgan fingerprint density at radius 3 is 3.19 bits per heavy atom. The van der Waals surface area contributed by atoms with Crippen LogP contribution in [0.4, 0.5) is 0 Å². The number of aromatic nitrogens is 3. The summed E-state index contributed by atoms with van der Waals surface area (Å²) >= 11 is 0. The molecule has 0 radical (unpaired) electrons. The number of nitrogens with zero attached hydrogens (tertiary/aromatic N) is 3. The highest BCUT2D eigenvalue weighted by Gasteiger charge is 2.28. The Bertz CT molecular complexity index is 375. The molecule has 6 nitrogen and oxygen atoms in total. The standard InChI is InChI=1S/C10H15N3O3/c1-2-16-10(15)7-3-4-13-9(5-7)8(6-14)11-12-13/h7,14H,2-6H2,1H3. The zero-order valence-corrected chi connectivity index (χ0v) is 9.22. The van der Waals surface area contributed by atoms with E-state index in [1.807, 2.05) is 0 Å². The van der Waals surface area contributed by atoms with Gasteiger partial charge in [0.05, 0.1) is 24.8 Å². The highest BCUT2D eigenvalue weighted by molar-refractivity contribution is 5.72. The summed E-state index contributed by atoms with van der Waals surface area (Å²) in [5.41, 5.74) is 1.42. The third-order valence-corrected chi connectivity index (χ3v) is 2.82. The number of hydrogen-bond acceptors (Lipinski definition) is 5. The first-order chi connectivity index (χ1) is 7.76. The second-order valence-electron chi connectivity index (χ2n) is 3.81. The lowest BCUT2D eigenvalue weighted by atomic mass is 9.95. The van der Waals surface area contributed by atoms with Crippen molar-refractivity contribution in [1.29, 1.82) is 0 Å². The number of aliphatic hydroxyl groups excluding tert-OH is 1. The van der Waals surface area contributed by atoms with Crippen LogP contribution in [-0.2, 0) is 29.1 Å². The molecule has 0 bridgehead atoms. The molecule has 88 valence electrons. The van der Waals surface area contributed by atoms with E-state index in [0.29, 0.717) is 25.3 Å². The first kappa shape index (κ1) is 11.1. The van der Waals surface area contributed by atoms with Crippen molar-refractivity contribution in [2.45, 2.75) is 32.9 Å². The van der Waals surface area contributed by atoms with Gasteiger partial charge in [-0.15, -0.1) is 5.10 Å². The molecule has 0 spiro atoms. The van der Waals surface area contributed by atoms with Gasteiger partial charge in [0.1, 0.15) is 5.69 Å². The monoisotopic (exact) mass is 225 g/mol. The minimum absolute atomic E-state index is 0.128. The zero-order valence-electron chi connectivity index (χ0n) is 9.22. The fourth-order valence-corrected chi connectivity index (χ4v) is 1.97. The summed E-state index contributed by atoms with van der Waals surface area (Å²) in [5.74, 6) is -0.296. The van der Waals surface area contributed by atoms with E-state index in [1.165, 1.54) is 0 Å². The minimum atomic E-state index is -0.168. The van der Waals surface area contributed by atoms with Crippen molar-refractivity contribution in [2.75, 3.05) is 6.61 Å². The molecule has 6 heteroatoms. The van der Waals surface area contributed by atoms with Crippen LogP contribution in [0.15, 0.2) is 0 Å².